The molecule has 0 amide bonds. The van der Waals surface area contributed by atoms with Crippen LogP contribution in [0.15, 0.2) is 72.8 Å². The maximum atomic E-state index is 13.8. The van der Waals surface area contributed by atoms with Crippen molar-refractivity contribution in [3.8, 4) is 0 Å². The van der Waals surface area contributed by atoms with Gasteiger partial charge in [-0.15, -0.1) is 0 Å². The molecule has 73 heavy (non-hydrogen) atoms. The normalized spacial score (nSPS) is 20.7. The average Bonchev–Trinajstić information content (AvgIpc) is 4.26. The van der Waals surface area contributed by atoms with Gasteiger partial charge in [-0.3, -0.25) is 33.7 Å². The van der Waals surface area contributed by atoms with Crippen LogP contribution in [0, 0.1) is 53.3 Å². The van der Waals surface area contributed by atoms with Gasteiger partial charge in [-0.05, 0) is 129 Å². The van der Waals surface area contributed by atoms with Crippen LogP contribution in [0.2, 0.25) is 0 Å². The summed E-state index contributed by atoms with van der Waals surface area (Å²) in [4.78, 5) is 80.0. The number of nitrogens with zero attached hydrogens (tertiary/aromatic N) is 1. The molecule has 0 aromatic heterocycles. The van der Waals surface area contributed by atoms with E-state index < -0.39 is 129 Å². The van der Waals surface area contributed by atoms with Crippen LogP contribution in [0.25, 0.3) is 0 Å². The highest BCUT2D eigenvalue weighted by Gasteiger charge is 2.35. The molecule has 3 aliphatic rings. The molecule has 3 aromatic carbocycles. The lowest BCUT2D eigenvalue weighted by Gasteiger charge is -2.25. The van der Waals surface area contributed by atoms with Gasteiger partial charge in [0.1, 0.15) is 0 Å². The number of hydrogen-bond acceptors (Lipinski definition) is 16. The zero-order chi connectivity index (χ0) is 57.7. The van der Waals surface area contributed by atoms with Crippen molar-refractivity contribution < 1.29 is 65.4 Å². The molecule has 3 aliphatic heterocycles. The SMILES string of the molecule is [2H]C([2H])(c1cccc(CN(Cc2cccc(C([2H])([2H])[C@H](C(=O)OCOC(=O)C(C)C)[C@H]3CCNC3)c2)Cc2cccc(C([2H])([2H])[C@H](C(=O)OCOC(=O)C(C)C)[C@H]3CCNC3)c2)c1)[C@H](C(=O)OCOC(=O)C(C)C)[C@H]1CCNC1. The van der Waals surface area contributed by atoms with Crippen LogP contribution in [0.1, 0.15) is 102 Å². The molecule has 6 atom stereocenters. The van der Waals surface area contributed by atoms with Crippen molar-refractivity contribution in [2.24, 2.45) is 53.3 Å². The van der Waals surface area contributed by atoms with Gasteiger partial charge in [0.2, 0.25) is 20.4 Å². The summed E-state index contributed by atoms with van der Waals surface area (Å²) in [6, 6.07) is 20.5. The second-order valence-electron chi connectivity index (χ2n) is 20.0. The topological polar surface area (TPSA) is 197 Å². The summed E-state index contributed by atoms with van der Waals surface area (Å²) in [5.41, 5.74) is 2.56. The number of rotatable bonds is 27. The van der Waals surface area contributed by atoms with Crippen molar-refractivity contribution >= 4 is 35.8 Å². The van der Waals surface area contributed by atoms with Crippen molar-refractivity contribution in [2.45, 2.75) is 99.6 Å². The second-order valence-corrected chi connectivity index (χ2v) is 20.0. The Morgan fingerprint density at radius 2 is 0.712 bits per heavy atom. The first-order chi connectivity index (χ1) is 37.4. The maximum absolute atomic E-state index is 13.8. The Hall–Kier alpha value is -5.68. The third kappa shape index (κ3) is 18.0. The van der Waals surface area contributed by atoms with E-state index in [4.69, 9.17) is 28.4 Å². The average molecular weight is 1020 g/mol. The van der Waals surface area contributed by atoms with E-state index >= 15 is 0 Å². The number of carbonyl (C=O) groups excluding carboxylic acids is 6. The van der Waals surface area contributed by atoms with Gasteiger partial charge in [-0.1, -0.05) is 114 Å². The Kier molecular flexibility index (Phi) is 19.0. The lowest BCUT2D eigenvalue weighted by molar-refractivity contribution is -0.174. The maximum Gasteiger partial charge on any atom is 0.312 e. The summed E-state index contributed by atoms with van der Waals surface area (Å²) >= 11 is 0. The molecule has 16 heteroatoms. The van der Waals surface area contributed by atoms with Crippen LogP contribution in [0.3, 0.4) is 0 Å². The summed E-state index contributed by atoms with van der Waals surface area (Å²) < 4.78 is 88.8. The fourth-order valence-corrected chi connectivity index (χ4v) is 8.96. The molecule has 3 heterocycles. The second kappa shape index (κ2) is 28.7. The predicted octanol–water partition coefficient (Wildman–Crippen LogP) is 6.29. The van der Waals surface area contributed by atoms with Crippen molar-refractivity contribution in [3.63, 3.8) is 0 Å². The third-order valence-corrected chi connectivity index (χ3v) is 13.1. The van der Waals surface area contributed by atoms with Gasteiger partial charge in [0.15, 0.2) is 0 Å². The molecule has 0 bridgehead atoms. The van der Waals surface area contributed by atoms with Crippen LogP contribution < -0.4 is 16.0 Å². The molecular weight excluding hydrogens is 933 g/mol. The monoisotopic (exact) mass is 1020 g/mol. The van der Waals surface area contributed by atoms with E-state index in [0.29, 0.717) is 75.2 Å². The summed E-state index contributed by atoms with van der Waals surface area (Å²) in [5, 5.41) is 9.64. The summed E-state index contributed by atoms with van der Waals surface area (Å²) in [7, 11) is 0. The predicted molar refractivity (Wildman–Crippen MR) is 272 cm³/mol. The summed E-state index contributed by atoms with van der Waals surface area (Å²) in [6.07, 6.45) is -5.27. The number of carbonyl (C=O) groups is 6. The van der Waals surface area contributed by atoms with E-state index in [1.54, 1.807) is 96.1 Å². The fraction of sp³-hybridized carbons (Fsp3) is 0.579. The van der Waals surface area contributed by atoms with Crippen molar-refractivity contribution in [3.05, 3.63) is 106 Å². The molecule has 3 saturated heterocycles. The van der Waals surface area contributed by atoms with Gasteiger partial charge in [0.25, 0.3) is 0 Å². The van der Waals surface area contributed by atoms with Crippen LogP contribution in [0.5, 0.6) is 0 Å². The van der Waals surface area contributed by atoms with Gasteiger partial charge in [0.05, 0.1) is 35.5 Å². The van der Waals surface area contributed by atoms with Gasteiger partial charge >= 0.3 is 35.8 Å². The van der Waals surface area contributed by atoms with E-state index in [9.17, 15) is 37.0 Å². The molecule has 398 valence electrons. The van der Waals surface area contributed by atoms with Gasteiger partial charge in [-0.25, -0.2) is 0 Å². The van der Waals surface area contributed by atoms with Crippen LogP contribution in [-0.4, -0.2) is 100 Å². The number of benzene rings is 3. The van der Waals surface area contributed by atoms with Crippen molar-refractivity contribution in [1.82, 2.24) is 20.9 Å². The Labute approximate surface area is 439 Å². The molecule has 0 unspecified atom stereocenters. The number of nitrogens with one attached hydrogen (secondary N) is 3. The zero-order valence-corrected chi connectivity index (χ0v) is 43.1. The molecule has 16 nitrogen and oxygen atoms in total. The summed E-state index contributed by atoms with van der Waals surface area (Å²) in [5.74, 6) is -10.7. The van der Waals surface area contributed by atoms with Crippen molar-refractivity contribution in [1.29, 1.82) is 0 Å². The Balaban J connectivity index is 1.34. The standard InChI is InChI=1S/C57H78N4O12/c1-37(2)52(62)68-34-71-55(65)49(46-16-19-58-28-46)25-40-10-7-13-43(22-40)31-61(32-44-14-8-11-41(23-44)26-50(47-17-20-59-29-47)56(66)72-35-69-53(63)38(3)4)33-45-15-9-12-42(24-45)27-51(48-18-21-60-30-48)57(67)73-36-70-54(64)39(5)6/h7-15,22-24,37-39,46-51,58-60H,16-21,25-36H2,1-6H3/t46-,47-,48-,49-,50-,51-/m0/s1/i25D2,26D2,27D2. The molecule has 6 rings (SSSR count). The summed E-state index contributed by atoms with van der Waals surface area (Å²) in [6.45, 7) is 11.2. The highest BCUT2D eigenvalue weighted by Crippen LogP contribution is 2.29. The minimum Gasteiger partial charge on any atom is -0.428 e. The lowest BCUT2D eigenvalue weighted by atomic mass is 9.85. The van der Waals surface area contributed by atoms with E-state index in [-0.39, 0.29) is 36.3 Å². The number of hydrogen-bond donors (Lipinski definition) is 3. The van der Waals surface area contributed by atoms with E-state index in [1.807, 2.05) is 23.1 Å². The smallest absolute Gasteiger partial charge is 0.312 e. The molecule has 0 radical (unpaired) electrons. The molecule has 0 spiro atoms. The Morgan fingerprint density at radius 3 is 0.959 bits per heavy atom. The first-order valence-electron chi connectivity index (χ1n) is 28.5. The lowest BCUT2D eigenvalue weighted by Crippen LogP contribution is -2.31. The molecular formula is C57H78N4O12. The highest BCUT2D eigenvalue weighted by molar-refractivity contribution is 5.76. The van der Waals surface area contributed by atoms with Crippen molar-refractivity contribution in [2.75, 3.05) is 59.6 Å². The molecule has 3 N–H and O–H groups in total. The molecule has 3 fully saturated rings. The van der Waals surface area contributed by atoms with Gasteiger partial charge in [0, 0.05) is 27.9 Å². The minimum atomic E-state index is -2.26. The molecule has 3 aromatic rings. The largest absolute Gasteiger partial charge is 0.428 e. The minimum absolute atomic E-state index is 0.166. The first kappa shape index (κ1) is 48.3. The fourth-order valence-electron chi connectivity index (χ4n) is 8.96. The first-order valence-corrected chi connectivity index (χ1v) is 25.5. The van der Waals surface area contributed by atoms with E-state index in [1.165, 1.54) is 0 Å². The van der Waals surface area contributed by atoms with E-state index in [0.717, 1.165) is 0 Å². The van der Waals surface area contributed by atoms with Crippen LogP contribution in [-0.2, 0) is 95.9 Å². The van der Waals surface area contributed by atoms with Gasteiger partial charge in [-0.2, -0.15) is 0 Å². The van der Waals surface area contributed by atoms with Crippen LogP contribution >= 0.6 is 0 Å². The Bertz CT molecular complexity index is 2290. The van der Waals surface area contributed by atoms with E-state index in [2.05, 4.69) is 16.0 Å². The zero-order valence-electron chi connectivity index (χ0n) is 49.1. The van der Waals surface area contributed by atoms with Crippen LogP contribution in [0.4, 0.5) is 0 Å². The third-order valence-electron chi connectivity index (χ3n) is 13.1. The molecule has 0 aliphatic carbocycles. The molecule has 0 saturated carbocycles. The quantitative estimate of drug-likeness (QED) is 0.0437. The highest BCUT2D eigenvalue weighted by atomic mass is 16.7. The number of esters is 6. The Morgan fingerprint density at radius 1 is 0.452 bits per heavy atom. The number of ether oxygens (including phenoxy) is 6. The van der Waals surface area contributed by atoms with Gasteiger partial charge < -0.3 is 44.4 Å².